The first-order chi connectivity index (χ1) is 12.5. The monoisotopic (exact) mass is 388 g/mol. The minimum Gasteiger partial charge on any atom is -0.490 e. The Morgan fingerprint density at radius 1 is 1.08 bits per heavy atom. The number of thiocarbonyl (C=S) groups is 1. The van der Waals surface area contributed by atoms with Crippen LogP contribution in [-0.4, -0.2) is 17.6 Å². The number of carbonyl (C=O) groups excluding carboxylic acids is 1. The molecular weight excluding hydrogens is 372 g/mol. The summed E-state index contributed by atoms with van der Waals surface area (Å²) in [5.41, 5.74) is 2.20. The van der Waals surface area contributed by atoms with Gasteiger partial charge >= 0.3 is 0 Å². The molecule has 0 radical (unpaired) electrons. The van der Waals surface area contributed by atoms with Crippen molar-refractivity contribution in [2.45, 2.75) is 13.5 Å². The van der Waals surface area contributed by atoms with E-state index in [-0.39, 0.29) is 5.91 Å². The second-order valence-corrected chi connectivity index (χ2v) is 6.37. The van der Waals surface area contributed by atoms with Crippen LogP contribution in [0.15, 0.2) is 48.2 Å². The summed E-state index contributed by atoms with van der Waals surface area (Å²) in [6, 6.07) is 13.0. The highest BCUT2D eigenvalue weighted by atomic mass is 35.5. The van der Waals surface area contributed by atoms with Crippen LogP contribution < -0.4 is 20.1 Å². The number of halogens is 1. The number of hydrogen-bond acceptors (Lipinski definition) is 4. The molecule has 2 aromatic rings. The second kappa shape index (κ2) is 8.21. The summed E-state index contributed by atoms with van der Waals surface area (Å²) >= 11 is 10.8. The van der Waals surface area contributed by atoms with Crippen molar-refractivity contribution in [2.24, 2.45) is 0 Å². The summed E-state index contributed by atoms with van der Waals surface area (Å²) in [5.74, 6) is 0.983. The molecule has 0 bridgehead atoms. The predicted octanol–water partition coefficient (Wildman–Crippen LogP) is 3.66. The van der Waals surface area contributed by atoms with Crippen LogP contribution in [0.1, 0.15) is 18.1 Å². The molecule has 134 valence electrons. The number of rotatable bonds is 6. The van der Waals surface area contributed by atoms with E-state index in [4.69, 9.17) is 33.3 Å². The minimum absolute atomic E-state index is 0.254. The van der Waals surface area contributed by atoms with E-state index in [1.165, 1.54) is 0 Å². The lowest BCUT2D eigenvalue weighted by molar-refractivity contribution is -0.115. The van der Waals surface area contributed by atoms with Crippen molar-refractivity contribution in [1.82, 2.24) is 10.6 Å². The van der Waals surface area contributed by atoms with E-state index in [1.807, 2.05) is 49.4 Å². The quantitative estimate of drug-likeness (QED) is 0.584. The van der Waals surface area contributed by atoms with Crippen molar-refractivity contribution in [3.05, 3.63) is 64.3 Å². The summed E-state index contributed by atoms with van der Waals surface area (Å²) < 4.78 is 11.5. The first-order valence-electron chi connectivity index (χ1n) is 8.03. The van der Waals surface area contributed by atoms with Gasteiger partial charge in [0.25, 0.3) is 5.91 Å². The normalized spacial score (nSPS) is 14.9. The molecule has 26 heavy (non-hydrogen) atoms. The Bertz CT molecular complexity index is 866. The number of carbonyl (C=O) groups is 1. The van der Waals surface area contributed by atoms with Crippen molar-refractivity contribution in [3.63, 3.8) is 0 Å². The molecular formula is C19H17ClN2O3S. The smallest absolute Gasteiger partial charge is 0.273 e. The Balaban J connectivity index is 1.78. The zero-order valence-electron chi connectivity index (χ0n) is 14.0. The van der Waals surface area contributed by atoms with Crippen LogP contribution in [-0.2, 0) is 11.4 Å². The molecule has 0 unspecified atom stereocenters. The molecule has 1 heterocycles. The van der Waals surface area contributed by atoms with E-state index >= 15 is 0 Å². The SMILES string of the molecule is CCOc1cc(/C=C2\NC(=S)NC2=O)ccc1OCc1ccc(Cl)cc1. The van der Waals surface area contributed by atoms with Gasteiger partial charge in [-0.15, -0.1) is 0 Å². The number of ether oxygens (including phenoxy) is 2. The van der Waals surface area contributed by atoms with Crippen molar-refractivity contribution >= 4 is 40.9 Å². The number of benzene rings is 2. The van der Waals surface area contributed by atoms with Gasteiger partial charge < -0.3 is 14.8 Å². The average molecular weight is 389 g/mol. The van der Waals surface area contributed by atoms with Gasteiger partial charge in [0.05, 0.1) is 6.61 Å². The number of hydrogen-bond donors (Lipinski definition) is 2. The third-order valence-corrected chi connectivity index (χ3v) is 4.06. The van der Waals surface area contributed by atoms with Gasteiger partial charge in [0.1, 0.15) is 12.3 Å². The first kappa shape index (κ1) is 18.2. The van der Waals surface area contributed by atoms with E-state index in [0.717, 1.165) is 11.1 Å². The van der Waals surface area contributed by atoms with E-state index in [2.05, 4.69) is 10.6 Å². The van der Waals surface area contributed by atoms with E-state index in [9.17, 15) is 4.79 Å². The molecule has 0 saturated carbocycles. The van der Waals surface area contributed by atoms with Gasteiger partial charge in [0.2, 0.25) is 0 Å². The maximum atomic E-state index is 11.8. The van der Waals surface area contributed by atoms with Crippen molar-refractivity contribution in [2.75, 3.05) is 6.61 Å². The Kier molecular flexibility index (Phi) is 5.75. The van der Waals surface area contributed by atoms with Crippen LogP contribution in [0.25, 0.3) is 6.08 Å². The van der Waals surface area contributed by atoms with Crippen LogP contribution in [0.3, 0.4) is 0 Å². The third kappa shape index (κ3) is 4.53. The Labute approximate surface area is 161 Å². The van der Waals surface area contributed by atoms with Crippen LogP contribution in [0.4, 0.5) is 0 Å². The molecule has 1 saturated heterocycles. The van der Waals surface area contributed by atoms with Gasteiger partial charge in [-0.1, -0.05) is 29.8 Å². The largest absolute Gasteiger partial charge is 0.490 e. The van der Waals surface area contributed by atoms with Crippen LogP contribution in [0.2, 0.25) is 5.02 Å². The third-order valence-electron chi connectivity index (χ3n) is 3.61. The number of nitrogens with one attached hydrogen (secondary N) is 2. The lowest BCUT2D eigenvalue weighted by Crippen LogP contribution is -2.21. The van der Waals surface area contributed by atoms with Gasteiger partial charge in [-0.25, -0.2) is 0 Å². The topological polar surface area (TPSA) is 59.6 Å². The van der Waals surface area contributed by atoms with E-state index in [1.54, 1.807) is 6.08 Å². The fourth-order valence-corrected chi connectivity index (χ4v) is 2.72. The van der Waals surface area contributed by atoms with Crippen LogP contribution in [0, 0.1) is 0 Å². The lowest BCUT2D eigenvalue weighted by atomic mass is 10.1. The molecule has 1 aliphatic rings. The molecule has 5 nitrogen and oxygen atoms in total. The fraction of sp³-hybridized carbons (Fsp3) is 0.158. The molecule has 3 rings (SSSR count). The highest BCUT2D eigenvalue weighted by Gasteiger charge is 2.20. The van der Waals surface area contributed by atoms with E-state index < -0.39 is 0 Å². The summed E-state index contributed by atoms with van der Waals surface area (Å²) in [6.45, 7) is 2.80. The van der Waals surface area contributed by atoms with Gasteiger partial charge in [-0.05, 0) is 60.6 Å². The maximum absolute atomic E-state index is 11.8. The molecule has 1 amide bonds. The zero-order valence-corrected chi connectivity index (χ0v) is 15.6. The summed E-state index contributed by atoms with van der Waals surface area (Å²) in [4.78, 5) is 11.8. The lowest BCUT2D eigenvalue weighted by Gasteiger charge is -2.13. The Hall–Kier alpha value is -2.57. The molecule has 2 aromatic carbocycles. The predicted molar refractivity (Wildman–Crippen MR) is 105 cm³/mol. The molecule has 7 heteroatoms. The summed E-state index contributed by atoms with van der Waals surface area (Å²) in [7, 11) is 0. The molecule has 1 aliphatic heterocycles. The van der Waals surface area contributed by atoms with Crippen LogP contribution >= 0.6 is 23.8 Å². The van der Waals surface area contributed by atoms with Gasteiger partial charge in [-0.3, -0.25) is 10.1 Å². The molecule has 0 aromatic heterocycles. The second-order valence-electron chi connectivity index (χ2n) is 5.52. The Morgan fingerprint density at radius 3 is 2.50 bits per heavy atom. The zero-order chi connectivity index (χ0) is 18.5. The standard InChI is InChI=1S/C19H17ClN2O3S/c1-2-24-17-10-13(9-15-18(23)22-19(26)21-15)5-8-16(17)25-11-12-3-6-14(20)7-4-12/h3-10H,2,11H2,1H3,(H2,21,22,23,26)/b15-9-. The summed E-state index contributed by atoms with van der Waals surface area (Å²) in [5, 5.41) is 6.33. The van der Waals surface area contributed by atoms with Crippen molar-refractivity contribution < 1.29 is 14.3 Å². The average Bonchev–Trinajstić information content (AvgIpc) is 2.93. The molecule has 1 fully saturated rings. The molecule has 2 N–H and O–H groups in total. The van der Waals surface area contributed by atoms with Gasteiger partial charge in [0.15, 0.2) is 16.6 Å². The maximum Gasteiger partial charge on any atom is 0.273 e. The van der Waals surface area contributed by atoms with E-state index in [0.29, 0.717) is 40.5 Å². The highest BCUT2D eigenvalue weighted by molar-refractivity contribution is 7.80. The van der Waals surface area contributed by atoms with Crippen molar-refractivity contribution in [3.8, 4) is 11.5 Å². The number of amides is 1. The first-order valence-corrected chi connectivity index (χ1v) is 8.82. The molecule has 0 spiro atoms. The highest BCUT2D eigenvalue weighted by Crippen LogP contribution is 2.30. The van der Waals surface area contributed by atoms with Crippen molar-refractivity contribution in [1.29, 1.82) is 0 Å². The molecule has 0 atom stereocenters. The Morgan fingerprint density at radius 2 is 1.85 bits per heavy atom. The van der Waals surface area contributed by atoms with Crippen LogP contribution in [0.5, 0.6) is 11.5 Å². The molecule has 0 aliphatic carbocycles. The summed E-state index contributed by atoms with van der Waals surface area (Å²) in [6.07, 6.45) is 1.71. The van der Waals surface area contributed by atoms with Gasteiger partial charge in [0, 0.05) is 5.02 Å². The van der Waals surface area contributed by atoms with Gasteiger partial charge in [-0.2, -0.15) is 0 Å². The fourth-order valence-electron chi connectivity index (χ4n) is 2.39. The minimum atomic E-state index is -0.254.